The second kappa shape index (κ2) is 7.23. The molecule has 0 fully saturated rings. The van der Waals surface area contributed by atoms with E-state index in [1.54, 1.807) is 19.1 Å². The summed E-state index contributed by atoms with van der Waals surface area (Å²) in [6.45, 7) is 4.64. The highest BCUT2D eigenvalue weighted by Crippen LogP contribution is 2.18. The first-order valence-electron chi connectivity index (χ1n) is 5.90. The Morgan fingerprint density at radius 2 is 1.83 bits per heavy atom. The third-order valence-corrected chi connectivity index (χ3v) is 3.59. The molecule has 0 saturated heterocycles. The van der Waals surface area contributed by atoms with Crippen molar-refractivity contribution in [2.75, 3.05) is 25.5 Å². The molecule has 0 aromatic heterocycles. The number of sulfonamides is 1. The maximum Gasteiger partial charge on any atom is 0.211 e. The zero-order valence-corrected chi connectivity index (χ0v) is 11.5. The summed E-state index contributed by atoms with van der Waals surface area (Å²) in [5.41, 5.74) is 0. The van der Waals surface area contributed by atoms with Gasteiger partial charge in [0.2, 0.25) is 10.0 Å². The molecule has 18 heavy (non-hydrogen) atoms. The van der Waals surface area contributed by atoms with Gasteiger partial charge in [-0.05, 0) is 26.0 Å². The Hall–Kier alpha value is -1.27. The quantitative estimate of drug-likeness (QED) is 0.727. The molecule has 1 rings (SSSR count). The lowest BCUT2D eigenvalue weighted by atomic mass is 10.3. The van der Waals surface area contributed by atoms with E-state index in [-0.39, 0.29) is 18.9 Å². The van der Waals surface area contributed by atoms with E-state index in [0.717, 1.165) is 5.75 Å². The molecule has 1 aromatic rings. The fourth-order valence-corrected chi connectivity index (χ4v) is 1.89. The van der Waals surface area contributed by atoms with E-state index < -0.39 is 10.0 Å². The minimum Gasteiger partial charge on any atom is -0.494 e. The van der Waals surface area contributed by atoms with Crippen LogP contribution in [0.1, 0.15) is 13.8 Å². The second-order valence-corrected chi connectivity index (χ2v) is 5.65. The second-order valence-electron chi connectivity index (χ2n) is 3.55. The van der Waals surface area contributed by atoms with Crippen molar-refractivity contribution in [2.24, 2.45) is 0 Å². The van der Waals surface area contributed by atoms with E-state index in [4.69, 9.17) is 9.47 Å². The fourth-order valence-electron chi connectivity index (χ4n) is 1.29. The predicted octanol–water partition coefficient (Wildman–Crippen LogP) is 1.40. The van der Waals surface area contributed by atoms with Crippen LogP contribution in [0.25, 0.3) is 0 Å². The summed E-state index contributed by atoms with van der Waals surface area (Å²) >= 11 is 0. The Balaban J connectivity index is 2.37. The van der Waals surface area contributed by atoms with E-state index in [1.807, 2.05) is 19.1 Å². The van der Waals surface area contributed by atoms with Crippen molar-refractivity contribution in [1.29, 1.82) is 0 Å². The highest BCUT2D eigenvalue weighted by atomic mass is 32.2. The SMILES string of the molecule is CCOc1cccc(OCCNS(=O)(=O)CC)c1. The smallest absolute Gasteiger partial charge is 0.211 e. The zero-order chi connectivity index (χ0) is 13.4. The molecule has 0 aliphatic rings. The maximum atomic E-state index is 11.2. The van der Waals surface area contributed by atoms with E-state index in [0.29, 0.717) is 12.4 Å². The van der Waals surface area contributed by atoms with Gasteiger partial charge < -0.3 is 9.47 Å². The van der Waals surface area contributed by atoms with Crippen molar-refractivity contribution in [3.05, 3.63) is 24.3 Å². The third-order valence-electron chi connectivity index (χ3n) is 2.19. The van der Waals surface area contributed by atoms with Crippen molar-refractivity contribution in [3.8, 4) is 11.5 Å². The van der Waals surface area contributed by atoms with Crippen LogP contribution < -0.4 is 14.2 Å². The Morgan fingerprint density at radius 3 is 2.44 bits per heavy atom. The van der Waals surface area contributed by atoms with Crippen LogP contribution in [0.3, 0.4) is 0 Å². The van der Waals surface area contributed by atoms with Gasteiger partial charge in [0.05, 0.1) is 12.4 Å². The van der Waals surface area contributed by atoms with Crippen LogP contribution in [0.2, 0.25) is 0 Å². The normalized spacial score (nSPS) is 11.2. The molecule has 0 aliphatic carbocycles. The monoisotopic (exact) mass is 273 g/mol. The van der Waals surface area contributed by atoms with Gasteiger partial charge in [-0.25, -0.2) is 13.1 Å². The van der Waals surface area contributed by atoms with Gasteiger partial charge in [0.1, 0.15) is 18.1 Å². The minimum atomic E-state index is -3.15. The summed E-state index contributed by atoms with van der Waals surface area (Å²) in [6.07, 6.45) is 0. The molecule has 6 heteroatoms. The minimum absolute atomic E-state index is 0.0762. The lowest BCUT2D eigenvalue weighted by Gasteiger charge is -2.09. The molecule has 5 nitrogen and oxygen atoms in total. The van der Waals surface area contributed by atoms with Crippen molar-refractivity contribution in [1.82, 2.24) is 4.72 Å². The number of benzene rings is 1. The third kappa shape index (κ3) is 5.37. The number of rotatable bonds is 8. The Bertz CT molecular complexity index is 459. The average molecular weight is 273 g/mol. The Labute approximate surface area is 108 Å². The van der Waals surface area contributed by atoms with Crippen LogP contribution in [0.15, 0.2) is 24.3 Å². The molecule has 1 aromatic carbocycles. The number of ether oxygens (including phenoxy) is 2. The van der Waals surface area contributed by atoms with E-state index in [1.165, 1.54) is 0 Å². The molecular weight excluding hydrogens is 254 g/mol. The fraction of sp³-hybridized carbons (Fsp3) is 0.500. The van der Waals surface area contributed by atoms with Crippen molar-refractivity contribution in [3.63, 3.8) is 0 Å². The Kier molecular flexibility index (Phi) is 5.94. The van der Waals surface area contributed by atoms with Gasteiger partial charge in [-0.15, -0.1) is 0 Å². The number of nitrogens with one attached hydrogen (secondary N) is 1. The van der Waals surface area contributed by atoms with Crippen molar-refractivity contribution in [2.45, 2.75) is 13.8 Å². The molecule has 102 valence electrons. The van der Waals surface area contributed by atoms with Crippen molar-refractivity contribution < 1.29 is 17.9 Å². The lowest BCUT2D eigenvalue weighted by molar-refractivity contribution is 0.313. The zero-order valence-electron chi connectivity index (χ0n) is 10.7. The van der Waals surface area contributed by atoms with Crippen LogP contribution in [0, 0.1) is 0 Å². The van der Waals surface area contributed by atoms with Gasteiger partial charge in [0.25, 0.3) is 0 Å². The van der Waals surface area contributed by atoms with Gasteiger partial charge in [0.15, 0.2) is 0 Å². The molecule has 1 N–H and O–H groups in total. The summed E-state index contributed by atoms with van der Waals surface area (Å²) < 4.78 is 35.5. The molecule has 0 amide bonds. The van der Waals surface area contributed by atoms with Crippen LogP contribution in [0.5, 0.6) is 11.5 Å². The maximum absolute atomic E-state index is 11.2. The molecule has 0 spiro atoms. The first-order valence-corrected chi connectivity index (χ1v) is 7.55. The van der Waals surface area contributed by atoms with Crippen LogP contribution >= 0.6 is 0 Å². The molecule has 0 unspecified atom stereocenters. The van der Waals surface area contributed by atoms with Crippen LogP contribution in [0.4, 0.5) is 0 Å². The molecule has 0 atom stereocenters. The van der Waals surface area contributed by atoms with Gasteiger partial charge >= 0.3 is 0 Å². The van der Waals surface area contributed by atoms with Crippen LogP contribution in [-0.4, -0.2) is 33.9 Å². The first-order chi connectivity index (χ1) is 8.57. The van der Waals surface area contributed by atoms with Gasteiger partial charge in [-0.3, -0.25) is 0 Å². The van der Waals surface area contributed by atoms with Gasteiger partial charge in [0, 0.05) is 12.6 Å². The molecule has 0 saturated carbocycles. The topological polar surface area (TPSA) is 64.6 Å². The summed E-state index contributed by atoms with van der Waals surface area (Å²) in [6, 6.07) is 7.25. The van der Waals surface area contributed by atoms with Crippen molar-refractivity contribution >= 4 is 10.0 Å². The number of hydrogen-bond donors (Lipinski definition) is 1. The molecule has 0 heterocycles. The first kappa shape index (κ1) is 14.8. The molecule has 0 radical (unpaired) electrons. The lowest BCUT2D eigenvalue weighted by Crippen LogP contribution is -2.29. The average Bonchev–Trinajstić information content (AvgIpc) is 2.36. The van der Waals surface area contributed by atoms with E-state index in [9.17, 15) is 8.42 Å². The predicted molar refractivity (Wildman–Crippen MR) is 70.6 cm³/mol. The van der Waals surface area contributed by atoms with Gasteiger partial charge in [-0.1, -0.05) is 6.07 Å². The highest BCUT2D eigenvalue weighted by molar-refractivity contribution is 7.89. The molecular formula is C12H19NO4S. The highest BCUT2D eigenvalue weighted by Gasteiger charge is 2.04. The van der Waals surface area contributed by atoms with E-state index >= 15 is 0 Å². The number of hydrogen-bond acceptors (Lipinski definition) is 4. The van der Waals surface area contributed by atoms with Gasteiger partial charge in [-0.2, -0.15) is 0 Å². The molecule has 0 bridgehead atoms. The van der Waals surface area contributed by atoms with Crippen LogP contribution in [-0.2, 0) is 10.0 Å². The molecule has 0 aliphatic heterocycles. The summed E-state index contributed by atoms with van der Waals surface area (Å²) in [4.78, 5) is 0. The standard InChI is InChI=1S/C12H19NO4S/c1-3-16-11-6-5-7-12(10-11)17-9-8-13-18(14,15)4-2/h5-7,10,13H,3-4,8-9H2,1-2H3. The summed E-state index contributed by atoms with van der Waals surface area (Å²) in [5.74, 6) is 1.48. The Morgan fingerprint density at radius 1 is 1.17 bits per heavy atom. The summed E-state index contributed by atoms with van der Waals surface area (Å²) in [5, 5.41) is 0. The van der Waals surface area contributed by atoms with E-state index in [2.05, 4.69) is 4.72 Å². The largest absolute Gasteiger partial charge is 0.494 e. The summed E-state index contributed by atoms with van der Waals surface area (Å²) in [7, 11) is -3.15.